The van der Waals surface area contributed by atoms with Gasteiger partial charge in [0, 0.05) is 30.6 Å². The van der Waals surface area contributed by atoms with Crippen LogP contribution in [-0.2, 0) is 6.54 Å². The van der Waals surface area contributed by atoms with E-state index in [-0.39, 0.29) is 12.8 Å². The van der Waals surface area contributed by atoms with Crippen molar-refractivity contribution >= 4 is 23.1 Å². The van der Waals surface area contributed by atoms with Crippen LogP contribution < -0.4 is 29.6 Å². The number of aromatic nitrogens is 1. The first-order chi connectivity index (χ1) is 15.7. The minimum Gasteiger partial charge on any atom is -0.497 e. The molecule has 2 heterocycles. The maximum atomic E-state index is 11.7. The van der Waals surface area contributed by atoms with E-state index in [9.17, 15) is 4.79 Å². The summed E-state index contributed by atoms with van der Waals surface area (Å²) in [6.45, 7) is 4.01. The van der Waals surface area contributed by atoms with Crippen molar-refractivity contribution in [3.05, 3.63) is 52.6 Å². The van der Waals surface area contributed by atoms with E-state index in [1.54, 1.807) is 18.4 Å². The van der Waals surface area contributed by atoms with Crippen LogP contribution in [0, 0.1) is 0 Å². The maximum absolute atomic E-state index is 11.7. The van der Waals surface area contributed by atoms with Crippen LogP contribution >= 0.6 is 11.3 Å². The summed E-state index contributed by atoms with van der Waals surface area (Å²) in [4.78, 5) is 17.4. The number of amides is 2. The molecule has 168 valence electrons. The van der Waals surface area contributed by atoms with E-state index >= 15 is 0 Å². The molecular formula is C23H26N4O4S. The molecule has 9 heteroatoms. The van der Waals surface area contributed by atoms with E-state index in [1.807, 2.05) is 49.4 Å². The third-order valence-electron chi connectivity index (χ3n) is 4.94. The number of carbonyl (C=O) groups is 1. The third kappa shape index (κ3) is 5.05. The number of urea groups is 1. The second-order valence-electron chi connectivity index (χ2n) is 7.07. The fourth-order valence-electron chi connectivity index (χ4n) is 3.35. The van der Waals surface area contributed by atoms with Crippen LogP contribution in [0.1, 0.15) is 13.3 Å². The molecule has 32 heavy (non-hydrogen) atoms. The number of benzene rings is 2. The number of ether oxygens (including phenoxy) is 3. The number of hydrogen-bond donors (Lipinski definition) is 2. The minimum atomic E-state index is -0.151. The summed E-state index contributed by atoms with van der Waals surface area (Å²) in [6, 6.07) is 13.4. The van der Waals surface area contributed by atoms with Crippen molar-refractivity contribution < 1.29 is 19.0 Å². The van der Waals surface area contributed by atoms with Crippen molar-refractivity contribution in [1.29, 1.82) is 0 Å². The van der Waals surface area contributed by atoms with Gasteiger partial charge < -0.3 is 29.4 Å². The van der Waals surface area contributed by atoms with Crippen molar-refractivity contribution in [3.63, 3.8) is 0 Å². The Morgan fingerprint density at radius 3 is 2.75 bits per heavy atom. The van der Waals surface area contributed by atoms with Crippen molar-refractivity contribution in [2.45, 2.75) is 19.9 Å². The largest absolute Gasteiger partial charge is 0.497 e. The number of methoxy groups -OCH3 is 1. The molecule has 4 rings (SSSR count). The molecule has 1 aliphatic rings. The van der Waals surface area contributed by atoms with E-state index < -0.39 is 0 Å². The molecule has 0 bridgehead atoms. The number of nitrogens with zero attached hydrogens (tertiary/aromatic N) is 2. The van der Waals surface area contributed by atoms with Gasteiger partial charge in [-0.05, 0) is 55.8 Å². The summed E-state index contributed by atoms with van der Waals surface area (Å²) in [5, 5.41) is 7.72. The Morgan fingerprint density at radius 2 is 1.97 bits per heavy atom. The molecule has 2 N–H and O–H groups in total. The first-order valence-corrected chi connectivity index (χ1v) is 11.3. The molecule has 0 aliphatic carbocycles. The number of thiazole rings is 1. The van der Waals surface area contributed by atoms with Crippen molar-refractivity contribution in [1.82, 2.24) is 15.2 Å². The summed E-state index contributed by atoms with van der Waals surface area (Å²) in [5.41, 5.74) is 2.91. The van der Waals surface area contributed by atoms with E-state index in [0.29, 0.717) is 19.6 Å². The number of hydrogen-bond acceptors (Lipinski definition) is 6. The Bertz CT molecular complexity index is 1140. The zero-order chi connectivity index (χ0) is 22.3. The fourth-order valence-corrected chi connectivity index (χ4v) is 4.31. The first kappa shape index (κ1) is 21.8. The number of fused-ring (bicyclic) bond motifs is 1. The van der Waals surface area contributed by atoms with Crippen LogP contribution in [0.15, 0.2) is 52.8 Å². The number of carbonyl (C=O) groups excluding carboxylic acids is 1. The molecular weight excluding hydrogens is 428 g/mol. The van der Waals surface area contributed by atoms with Crippen molar-refractivity contribution in [2.75, 3.05) is 27.0 Å². The molecule has 0 fully saturated rings. The lowest BCUT2D eigenvalue weighted by Crippen LogP contribution is -2.36. The number of rotatable bonds is 8. The predicted octanol–water partition coefficient (Wildman–Crippen LogP) is 3.90. The Hall–Kier alpha value is -3.46. The zero-order valence-corrected chi connectivity index (χ0v) is 18.9. The topological polar surface area (TPSA) is 86.1 Å². The van der Waals surface area contributed by atoms with Crippen LogP contribution in [-0.4, -0.2) is 37.6 Å². The molecule has 0 atom stereocenters. The summed E-state index contributed by atoms with van der Waals surface area (Å²) >= 11 is 1.57. The molecule has 0 radical (unpaired) electrons. The lowest BCUT2D eigenvalue weighted by atomic mass is 10.1. The quantitative estimate of drug-likeness (QED) is 0.506. The first-order valence-electron chi connectivity index (χ1n) is 10.5. The average Bonchev–Trinajstić information content (AvgIpc) is 3.44. The van der Waals surface area contributed by atoms with Gasteiger partial charge in [0.15, 0.2) is 16.3 Å². The van der Waals surface area contributed by atoms with Gasteiger partial charge in [-0.25, -0.2) is 9.79 Å². The van der Waals surface area contributed by atoms with E-state index in [4.69, 9.17) is 19.2 Å². The van der Waals surface area contributed by atoms with E-state index in [1.165, 1.54) is 0 Å². The highest BCUT2D eigenvalue weighted by Crippen LogP contribution is 2.36. The summed E-state index contributed by atoms with van der Waals surface area (Å²) < 4.78 is 18.4. The second-order valence-corrected chi connectivity index (χ2v) is 7.91. The van der Waals surface area contributed by atoms with Crippen LogP contribution in [0.3, 0.4) is 0 Å². The molecule has 0 spiro atoms. The molecule has 2 aromatic carbocycles. The Labute approximate surface area is 190 Å². The van der Waals surface area contributed by atoms with Gasteiger partial charge in [-0.2, -0.15) is 0 Å². The predicted molar refractivity (Wildman–Crippen MR) is 124 cm³/mol. The molecule has 8 nitrogen and oxygen atoms in total. The van der Waals surface area contributed by atoms with Crippen LogP contribution in [0.25, 0.3) is 11.3 Å². The standard InChI is InChI=1S/C23H26N4O4S/c1-3-24-22(28)25-11-4-12-27-19(16-5-10-20-21(13-16)31-15-30-20)14-32-23(27)26-17-6-8-18(29-2)9-7-17/h5-10,13-14H,3-4,11-12,15H2,1-2H3,(H2,24,25,28)/b26-23-. The maximum Gasteiger partial charge on any atom is 0.314 e. The van der Waals surface area contributed by atoms with Gasteiger partial charge in [-0.15, -0.1) is 11.3 Å². The van der Waals surface area contributed by atoms with Crippen LogP contribution in [0.2, 0.25) is 0 Å². The summed E-state index contributed by atoms with van der Waals surface area (Å²) in [6.07, 6.45) is 0.765. The van der Waals surface area contributed by atoms with Gasteiger partial charge in [0.2, 0.25) is 6.79 Å². The molecule has 1 aliphatic heterocycles. The lowest BCUT2D eigenvalue weighted by Gasteiger charge is -2.11. The summed E-state index contributed by atoms with van der Waals surface area (Å²) in [5.74, 6) is 2.29. The van der Waals surface area contributed by atoms with Crippen molar-refractivity contribution in [2.24, 2.45) is 4.99 Å². The Balaban J connectivity index is 1.62. The Morgan fingerprint density at radius 1 is 1.16 bits per heavy atom. The molecule has 2 amide bonds. The average molecular weight is 455 g/mol. The van der Waals surface area contributed by atoms with Gasteiger partial charge in [0.25, 0.3) is 0 Å². The van der Waals surface area contributed by atoms with Gasteiger partial charge in [0.1, 0.15) is 5.75 Å². The van der Waals surface area contributed by atoms with Crippen LogP contribution in [0.4, 0.5) is 10.5 Å². The molecule has 3 aromatic rings. The Kier molecular flexibility index (Phi) is 6.96. The van der Waals surface area contributed by atoms with E-state index in [0.717, 1.165) is 45.4 Å². The summed E-state index contributed by atoms with van der Waals surface area (Å²) in [7, 11) is 1.64. The van der Waals surface area contributed by atoms with Gasteiger partial charge >= 0.3 is 6.03 Å². The lowest BCUT2D eigenvalue weighted by molar-refractivity contribution is 0.174. The van der Waals surface area contributed by atoms with Crippen molar-refractivity contribution in [3.8, 4) is 28.5 Å². The monoisotopic (exact) mass is 454 g/mol. The highest BCUT2D eigenvalue weighted by atomic mass is 32.1. The number of nitrogens with one attached hydrogen (secondary N) is 2. The second kappa shape index (κ2) is 10.2. The van der Waals surface area contributed by atoms with Gasteiger partial charge in [0.05, 0.1) is 18.5 Å². The molecule has 0 unspecified atom stereocenters. The van der Waals surface area contributed by atoms with E-state index in [2.05, 4.69) is 20.6 Å². The zero-order valence-electron chi connectivity index (χ0n) is 18.1. The highest BCUT2D eigenvalue weighted by molar-refractivity contribution is 7.07. The van der Waals surface area contributed by atoms with Gasteiger partial charge in [-0.3, -0.25) is 0 Å². The highest BCUT2D eigenvalue weighted by Gasteiger charge is 2.16. The smallest absolute Gasteiger partial charge is 0.314 e. The molecule has 0 saturated carbocycles. The van der Waals surface area contributed by atoms with Crippen LogP contribution in [0.5, 0.6) is 17.2 Å². The SMILES string of the molecule is CCNC(=O)NCCCn1c(-c2ccc3c(c2)OCO3)cs/c1=N\c1ccc(OC)cc1. The minimum absolute atomic E-state index is 0.151. The van der Waals surface area contributed by atoms with Gasteiger partial charge in [-0.1, -0.05) is 0 Å². The fraction of sp³-hybridized carbons (Fsp3) is 0.304. The molecule has 0 saturated heterocycles. The normalized spacial score (nSPS) is 12.6. The molecule has 1 aromatic heterocycles. The third-order valence-corrected chi connectivity index (χ3v) is 5.81.